The maximum absolute atomic E-state index is 12.3. The third kappa shape index (κ3) is 2.02. The number of rotatable bonds is 3. The van der Waals surface area contributed by atoms with Crippen molar-refractivity contribution >= 4 is 11.8 Å². The molecule has 0 aliphatic carbocycles. The van der Waals surface area contributed by atoms with E-state index < -0.39 is 5.54 Å². The number of carbonyl (C=O) groups is 2. The van der Waals surface area contributed by atoms with Crippen LogP contribution in [0.2, 0.25) is 0 Å². The monoisotopic (exact) mass is 273 g/mol. The summed E-state index contributed by atoms with van der Waals surface area (Å²) in [6.07, 6.45) is 4.79. The van der Waals surface area contributed by atoms with Gasteiger partial charge in [0, 0.05) is 18.4 Å². The third-order valence-corrected chi connectivity index (χ3v) is 4.21. The van der Waals surface area contributed by atoms with E-state index >= 15 is 0 Å². The first kappa shape index (κ1) is 13.2. The number of amides is 2. The summed E-state index contributed by atoms with van der Waals surface area (Å²) in [7, 11) is 0. The highest BCUT2D eigenvalue weighted by atomic mass is 16.2. The number of aromatic nitrogens is 1. The van der Waals surface area contributed by atoms with Crippen molar-refractivity contribution in [1.29, 1.82) is 0 Å². The van der Waals surface area contributed by atoms with Gasteiger partial charge in [0.15, 0.2) is 0 Å². The molecule has 0 aromatic carbocycles. The Labute approximate surface area is 118 Å². The number of fused-ring (bicyclic) bond motifs is 2. The van der Waals surface area contributed by atoms with Crippen LogP contribution < -0.4 is 10.6 Å². The average molecular weight is 273 g/mol. The number of hydrogen-bond acceptors (Lipinski definition) is 4. The second-order valence-electron chi connectivity index (χ2n) is 6.22. The van der Waals surface area contributed by atoms with Crippen LogP contribution in [0.3, 0.4) is 0 Å². The fraction of sp³-hybridized carbons (Fsp3) is 0.533. The Balaban J connectivity index is 1.96. The fourth-order valence-corrected chi connectivity index (χ4v) is 3.48. The van der Waals surface area contributed by atoms with Gasteiger partial charge in [0.25, 0.3) is 0 Å². The van der Waals surface area contributed by atoms with Gasteiger partial charge in [0.1, 0.15) is 0 Å². The lowest BCUT2D eigenvalue weighted by Crippen LogP contribution is -2.57. The van der Waals surface area contributed by atoms with Gasteiger partial charge in [0.2, 0.25) is 11.8 Å². The topological polar surface area (TPSA) is 71.1 Å². The molecule has 0 radical (unpaired) electrons. The Bertz CT molecular complexity index is 543. The largest absolute Gasteiger partial charge is 0.296 e. The molecule has 0 unspecified atom stereocenters. The summed E-state index contributed by atoms with van der Waals surface area (Å²) in [5, 5.41) is 5.95. The maximum Gasteiger partial charge on any atom is 0.246 e. The molecule has 2 bridgehead atoms. The van der Waals surface area contributed by atoms with E-state index in [4.69, 9.17) is 0 Å². The van der Waals surface area contributed by atoms with Crippen LogP contribution in [-0.2, 0) is 9.59 Å². The van der Waals surface area contributed by atoms with Crippen molar-refractivity contribution in [3.05, 3.63) is 30.1 Å². The SMILES string of the molecule is CC(C)C[C@@]12C[C@@H](C(=O)NC1=O)[C@@H](c1cccnc1)N2. The molecule has 0 saturated carbocycles. The van der Waals surface area contributed by atoms with E-state index in [9.17, 15) is 9.59 Å². The van der Waals surface area contributed by atoms with Crippen molar-refractivity contribution in [3.63, 3.8) is 0 Å². The van der Waals surface area contributed by atoms with Crippen LogP contribution in [0.4, 0.5) is 0 Å². The predicted molar refractivity (Wildman–Crippen MR) is 73.6 cm³/mol. The summed E-state index contributed by atoms with van der Waals surface area (Å²) < 4.78 is 0. The molecule has 3 heterocycles. The quantitative estimate of drug-likeness (QED) is 0.811. The molecule has 3 atom stereocenters. The summed E-state index contributed by atoms with van der Waals surface area (Å²) >= 11 is 0. The molecular formula is C15H19N3O2. The van der Waals surface area contributed by atoms with Crippen molar-refractivity contribution in [3.8, 4) is 0 Å². The van der Waals surface area contributed by atoms with E-state index in [-0.39, 0.29) is 23.8 Å². The second-order valence-corrected chi connectivity index (χ2v) is 6.22. The first-order valence-corrected chi connectivity index (χ1v) is 7.05. The van der Waals surface area contributed by atoms with Gasteiger partial charge in [0.05, 0.1) is 11.5 Å². The second kappa shape index (κ2) is 4.66. The van der Waals surface area contributed by atoms with Gasteiger partial charge in [-0.1, -0.05) is 19.9 Å². The number of hydrogen-bond donors (Lipinski definition) is 2. The number of imide groups is 1. The average Bonchev–Trinajstić information content (AvgIpc) is 2.75. The number of nitrogens with zero attached hydrogens (tertiary/aromatic N) is 1. The van der Waals surface area contributed by atoms with E-state index in [0.29, 0.717) is 12.3 Å². The molecule has 2 aliphatic heterocycles. The molecular weight excluding hydrogens is 254 g/mol. The minimum Gasteiger partial charge on any atom is -0.296 e. The van der Waals surface area contributed by atoms with Crippen LogP contribution in [0.5, 0.6) is 0 Å². The highest BCUT2D eigenvalue weighted by Crippen LogP contribution is 2.43. The van der Waals surface area contributed by atoms with E-state index in [1.165, 1.54) is 0 Å². The summed E-state index contributed by atoms with van der Waals surface area (Å²) in [5.74, 6) is -0.169. The van der Waals surface area contributed by atoms with E-state index in [1.807, 2.05) is 12.1 Å². The molecule has 1 aromatic heterocycles. The number of piperidine rings is 1. The number of carbonyl (C=O) groups excluding carboxylic acids is 2. The molecule has 2 saturated heterocycles. The summed E-state index contributed by atoms with van der Waals surface area (Å²) in [5.41, 5.74) is 0.348. The Hall–Kier alpha value is -1.75. The molecule has 106 valence electrons. The van der Waals surface area contributed by atoms with Gasteiger partial charge < -0.3 is 0 Å². The van der Waals surface area contributed by atoms with Gasteiger partial charge in [-0.25, -0.2) is 0 Å². The van der Waals surface area contributed by atoms with Crippen LogP contribution >= 0.6 is 0 Å². The smallest absolute Gasteiger partial charge is 0.246 e. The normalized spacial score (nSPS) is 32.5. The first-order chi connectivity index (χ1) is 9.52. The first-order valence-electron chi connectivity index (χ1n) is 7.05. The van der Waals surface area contributed by atoms with E-state index in [1.54, 1.807) is 12.4 Å². The molecule has 20 heavy (non-hydrogen) atoms. The van der Waals surface area contributed by atoms with E-state index in [2.05, 4.69) is 29.5 Å². The fourth-order valence-electron chi connectivity index (χ4n) is 3.48. The Morgan fingerprint density at radius 1 is 1.45 bits per heavy atom. The van der Waals surface area contributed by atoms with Gasteiger partial charge in [-0.15, -0.1) is 0 Å². The summed E-state index contributed by atoms with van der Waals surface area (Å²) in [6.45, 7) is 4.18. The molecule has 2 amide bonds. The zero-order valence-corrected chi connectivity index (χ0v) is 11.7. The predicted octanol–water partition coefficient (Wildman–Crippen LogP) is 1.17. The van der Waals surface area contributed by atoms with Crippen molar-refractivity contribution in [2.45, 2.75) is 38.3 Å². The Morgan fingerprint density at radius 2 is 2.25 bits per heavy atom. The molecule has 0 spiro atoms. The third-order valence-electron chi connectivity index (χ3n) is 4.21. The Morgan fingerprint density at radius 3 is 2.90 bits per heavy atom. The zero-order chi connectivity index (χ0) is 14.3. The molecule has 5 heteroatoms. The standard InChI is InChI=1S/C15H19N3O2/c1-9(2)6-15-7-11(13(19)17-14(15)20)12(18-15)10-4-3-5-16-8-10/h3-5,8-9,11-12,18H,6-7H2,1-2H3,(H,17,19,20)/t11-,12-,15-/m1/s1. The maximum atomic E-state index is 12.3. The molecule has 2 fully saturated rings. The summed E-state index contributed by atoms with van der Waals surface area (Å²) in [4.78, 5) is 28.5. The van der Waals surface area contributed by atoms with Crippen LogP contribution in [0.1, 0.15) is 38.3 Å². The van der Waals surface area contributed by atoms with Crippen LogP contribution in [0.15, 0.2) is 24.5 Å². The lowest BCUT2D eigenvalue weighted by Gasteiger charge is -2.32. The number of pyridine rings is 1. The van der Waals surface area contributed by atoms with Crippen molar-refractivity contribution < 1.29 is 9.59 Å². The van der Waals surface area contributed by atoms with Crippen LogP contribution in [-0.4, -0.2) is 22.3 Å². The number of nitrogens with one attached hydrogen (secondary N) is 2. The molecule has 3 rings (SSSR count). The minimum absolute atomic E-state index is 0.131. The van der Waals surface area contributed by atoms with Crippen LogP contribution in [0, 0.1) is 11.8 Å². The van der Waals surface area contributed by atoms with Gasteiger partial charge in [-0.2, -0.15) is 0 Å². The highest BCUT2D eigenvalue weighted by molar-refractivity contribution is 6.05. The van der Waals surface area contributed by atoms with Crippen molar-refractivity contribution in [1.82, 2.24) is 15.6 Å². The van der Waals surface area contributed by atoms with Crippen LogP contribution in [0.25, 0.3) is 0 Å². The molecule has 2 N–H and O–H groups in total. The van der Waals surface area contributed by atoms with Gasteiger partial charge in [-0.05, 0) is 30.4 Å². The minimum atomic E-state index is -0.618. The lowest BCUT2D eigenvalue weighted by atomic mass is 9.80. The summed E-state index contributed by atoms with van der Waals surface area (Å²) in [6, 6.07) is 3.68. The molecule has 1 aromatic rings. The lowest BCUT2D eigenvalue weighted by molar-refractivity contribution is -0.139. The zero-order valence-electron chi connectivity index (χ0n) is 11.7. The molecule has 2 aliphatic rings. The van der Waals surface area contributed by atoms with Crippen molar-refractivity contribution in [2.75, 3.05) is 0 Å². The highest BCUT2D eigenvalue weighted by Gasteiger charge is 2.56. The van der Waals surface area contributed by atoms with Gasteiger partial charge in [-0.3, -0.25) is 25.2 Å². The van der Waals surface area contributed by atoms with E-state index in [0.717, 1.165) is 12.0 Å². The van der Waals surface area contributed by atoms with Crippen molar-refractivity contribution in [2.24, 2.45) is 11.8 Å². The molecule has 5 nitrogen and oxygen atoms in total. The van der Waals surface area contributed by atoms with Gasteiger partial charge >= 0.3 is 0 Å². The Kier molecular flexibility index (Phi) is 3.09.